The lowest BCUT2D eigenvalue weighted by atomic mass is 10.0. The van der Waals surface area contributed by atoms with E-state index in [-0.39, 0.29) is 18.6 Å². The second-order valence-corrected chi connectivity index (χ2v) is 5.26. The van der Waals surface area contributed by atoms with Crippen molar-refractivity contribution in [2.75, 3.05) is 6.61 Å². The van der Waals surface area contributed by atoms with E-state index < -0.39 is 0 Å². The highest BCUT2D eigenvalue weighted by Gasteiger charge is 2.15. The Morgan fingerprint density at radius 2 is 2.05 bits per heavy atom. The molecule has 0 saturated carbocycles. The Balaban J connectivity index is 2.14. The number of nitrogens with zero attached hydrogens (tertiary/aromatic N) is 1. The predicted molar refractivity (Wildman–Crippen MR) is 80.3 cm³/mol. The lowest BCUT2D eigenvalue weighted by Gasteiger charge is -2.18. The zero-order valence-corrected chi connectivity index (χ0v) is 12.4. The number of aliphatic hydroxyl groups is 1. The number of carbonyl (C=O) groups is 1. The smallest absolute Gasteiger partial charge is 0.253 e. The molecule has 20 heavy (non-hydrogen) atoms. The largest absolute Gasteiger partial charge is 0.396 e. The van der Waals surface area contributed by atoms with Crippen LogP contribution in [0.15, 0.2) is 53.3 Å². The van der Waals surface area contributed by atoms with Crippen LogP contribution in [0.5, 0.6) is 0 Å². The molecule has 2 rings (SSSR count). The number of benzene rings is 1. The van der Waals surface area contributed by atoms with Gasteiger partial charge in [0.15, 0.2) is 0 Å². The molecule has 2 N–H and O–H groups in total. The first-order valence-electron chi connectivity index (χ1n) is 6.28. The highest BCUT2D eigenvalue weighted by Crippen LogP contribution is 2.17. The van der Waals surface area contributed by atoms with Gasteiger partial charge in [0.05, 0.1) is 11.6 Å². The summed E-state index contributed by atoms with van der Waals surface area (Å²) in [5.74, 6) is -0.207. The van der Waals surface area contributed by atoms with Gasteiger partial charge in [-0.3, -0.25) is 9.78 Å². The zero-order chi connectivity index (χ0) is 14.4. The maximum Gasteiger partial charge on any atom is 0.253 e. The monoisotopic (exact) mass is 334 g/mol. The van der Waals surface area contributed by atoms with Crippen molar-refractivity contribution >= 4 is 21.8 Å². The average molecular weight is 335 g/mol. The minimum Gasteiger partial charge on any atom is -0.396 e. The maximum atomic E-state index is 12.2. The second-order valence-electron chi connectivity index (χ2n) is 4.34. The molecule has 0 saturated heterocycles. The Morgan fingerprint density at radius 1 is 1.30 bits per heavy atom. The van der Waals surface area contributed by atoms with E-state index in [1.165, 1.54) is 6.20 Å². The number of aliphatic hydroxyl groups excluding tert-OH is 1. The number of rotatable bonds is 5. The minimum atomic E-state index is -0.215. The quantitative estimate of drug-likeness (QED) is 0.883. The van der Waals surface area contributed by atoms with Crippen molar-refractivity contribution in [2.24, 2.45) is 0 Å². The van der Waals surface area contributed by atoms with Gasteiger partial charge in [0, 0.05) is 23.5 Å². The molecular formula is C15H15BrN2O2. The Kier molecular flexibility index (Phi) is 5.26. The zero-order valence-electron chi connectivity index (χ0n) is 10.8. The topological polar surface area (TPSA) is 62.2 Å². The van der Waals surface area contributed by atoms with Crippen LogP contribution in [0, 0.1) is 0 Å². The average Bonchev–Trinajstić information content (AvgIpc) is 2.47. The molecule has 104 valence electrons. The van der Waals surface area contributed by atoms with Gasteiger partial charge in [-0.2, -0.15) is 0 Å². The first kappa shape index (κ1) is 14.7. The van der Waals surface area contributed by atoms with Gasteiger partial charge in [-0.25, -0.2) is 0 Å². The van der Waals surface area contributed by atoms with Crippen molar-refractivity contribution in [3.8, 4) is 0 Å². The number of halogens is 1. The summed E-state index contributed by atoms with van der Waals surface area (Å²) in [4.78, 5) is 16.2. The number of carbonyl (C=O) groups excluding carboxylic acids is 1. The van der Waals surface area contributed by atoms with Crippen LogP contribution in [0.25, 0.3) is 0 Å². The molecule has 0 bridgehead atoms. The molecular weight excluding hydrogens is 320 g/mol. The van der Waals surface area contributed by atoms with Gasteiger partial charge < -0.3 is 10.4 Å². The molecule has 0 aliphatic rings. The molecule has 5 heteroatoms. The maximum absolute atomic E-state index is 12.2. The predicted octanol–water partition coefficient (Wildman–Crippen LogP) is 2.70. The Bertz CT molecular complexity index is 575. The lowest BCUT2D eigenvalue weighted by molar-refractivity contribution is 0.0929. The van der Waals surface area contributed by atoms with Gasteiger partial charge in [-0.15, -0.1) is 0 Å². The number of amides is 1. The molecule has 0 aliphatic heterocycles. The molecule has 1 aromatic heterocycles. The molecule has 0 spiro atoms. The van der Waals surface area contributed by atoms with Gasteiger partial charge in [-0.05, 0) is 34.0 Å². The molecule has 1 unspecified atom stereocenters. The summed E-state index contributed by atoms with van der Waals surface area (Å²) in [6.45, 7) is 0.0105. The van der Waals surface area contributed by atoms with Crippen molar-refractivity contribution in [2.45, 2.75) is 12.5 Å². The van der Waals surface area contributed by atoms with Crippen LogP contribution in [0.4, 0.5) is 0 Å². The number of nitrogens with one attached hydrogen (secondary N) is 1. The van der Waals surface area contributed by atoms with E-state index in [9.17, 15) is 4.79 Å². The van der Waals surface area contributed by atoms with Crippen LogP contribution in [-0.4, -0.2) is 22.6 Å². The second kappa shape index (κ2) is 7.17. The summed E-state index contributed by atoms with van der Waals surface area (Å²) in [5, 5.41) is 12.1. The van der Waals surface area contributed by atoms with Crippen molar-refractivity contribution < 1.29 is 9.90 Å². The van der Waals surface area contributed by atoms with Gasteiger partial charge in [-0.1, -0.05) is 30.3 Å². The standard InChI is InChI=1S/C15H15BrN2O2/c16-13-8-12(9-17-10-13)15(20)18-14(6-7-19)11-4-2-1-3-5-11/h1-5,8-10,14,19H,6-7H2,(H,18,20). The number of hydrogen-bond donors (Lipinski definition) is 2. The van der Waals surface area contributed by atoms with E-state index in [0.29, 0.717) is 12.0 Å². The molecule has 2 aromatic rings. The van der Waals surface area contributed by atoms with Crippen LogP contribution in [-0.2, 0) is 0 Å². The van der Waals surface area contributed by atoms with Gasteiger partial charge in [0.2, 0.25) is 0 Å². The van der Waals surface area contributed by atoms with Crippen LogP contribution in [0.2, 0.25) is 0 Å². The fourth-order valence-corrected chi connectivity index (χ4v) is 2.28. The van der Waals surface area contributed by atoms with Crippen LogP contribution in [0.1, 0.15) is 28.4 Å². The fraction of sp³-hybridized carbons (Fsp3) is 0.200. The summed E-state index contributed by atoms with van der Waals surface area (Å²) in [6, 6.07) is 11.1. The third-order valence-corrected chi connectivity index (χ3v) is 3.33. The van der Waals surface area contributed by atoms with Crippen LogP contribution in [0.3, 0.4) is 0 Å². The minimum absolute atomic E-state index is 0.0105. The molecule has 1 amide bonds. The van der Waals surface area contributed by atoms with Gasteiger partial charge in [0.25, 0.3) is 5.91 Å². The number of pyridine rings is 1. The van der Waals surface area contributed by atoms with Crippen molar-refractivity contribution in [1.29, 1.82) is 0 Å². The third-order valence-electron chi connectivity index (χ3n) is 2.89. The van der Waals surface area contributed by atoms with Crippen molar-refractivity contribution in [1.82, 2.24) is 10.3 Å². The molecule has 0 fully saturated rings. The summed E-state index contributed by atoms with van der Waals surface area (Å²) in [5.41, 5.74) is 1.45. The first-order valence-corrected chi connectivity index (χ1v) is 7.07. The van der Waals surface area contributed by atoms with E-state index in [0.717, 1.165) is 10.0 Å². The van der Waals surface area contributed by atoms with E-state index in [1.807, 2.05) is 30.3 Å². The number of aromatic nitrogens is 1. The van der Waals surface area contributed by atoms with Crippen molar-refractivity contribution in [3.05, 3.63) is 64.4 Å². The number of hydrogen-bond acceptors (Lipinski definition) is 3. The van der Waals surface area contributed by atoms with E-state index in [4.69, 9.17) is 5.11 Å². The molecule has 1 atom stereocenters. The van der Waals surface area contributed by atoms with Crippen molar-refractivity contribution in [3.63, 3.8) is 0 Å². The molecule has 0 radical (unpaired) electrons. The third kappa shape index (κ3) is 3.88. The molecule has 1 heterocycles. The van der Waals surface area contributed by atoms with Crippen LogP contribution < -0.4 is 5.32 Å². The highest BCUT2D eigenvalue weighted by molar-refractivity contribution is 9.10. The van der Waals surface area contributed by atoms with E-state index in [1.54, 1.807) is 12.3 Å². The summed E-state index contributed by atoms with van der Waals surface area (Å²) in [6.07, 6.45) is 3.61. The van der Waals surface area contributed by atoms with Gasteiger partial charge in [0.1, 0.15) is 0 Å². The lowest BCUT2D eigenvalue weighted by Crippen LogP contribution is -2.29. The fourth-order valence-electron chi connectivity index (χ4n) is 1.91. The van der Waals surface area contributed by atoms with E-state index >= 15 is 0 Å². The summed E-state index contributed by atoms with van der Waals surface area (Å²) >= 11 is 3.29. The van der Waals surface area contributed by atoms with E-state index in [2.05, 4.69) is 26.2 Å². The SMILES string of the molecule is O=C(NC(CCO)c1ccccc1)c1cncc(Br)c1. The highest BCUT2D eigenvalue weighted by atomic mass is 79.9. The first-order chi connectivity index (χ1) is 9.70. The van der Waals surface area contributed by atoms with Crippen LogP contribution >= 0.6 is 15.9 Å². The van der Waals surface area contributed by atoms with Gasteiger partial charge >= 0.3 is 0 Å². The molecule has 0 aliphatic carbocycles. The Hall–Kier alpha value is -1.72. The summed E-state index contributed by atoms with van der Waals surface area (Å²) < 4.78 is 0.753. The summed E-state index contributed by atoms with van der Waals surface area (Å²) in [7, 11) is 0. The molecule has 4 nitrogen and oxygen atoms in total. The normalized spacial score (nSPS) is 11.9. The Labute approximate surface area is 126 Å². The molecule has 1 aromatic carbocycles. The Morgan fingerprint density at radius 3 is 2.70 bits per heavy atom.